The largest absolute Gasteiger partial charge is 0.481 e. The average molecular weight is 270 g/mol. The molecule has 1 N–H and O–H groups in total. The second kappa shape index (κ2) is 6.03. The number of benzene rings is 1. The van der Waals surface area contributed by atoms with Crippen molar-refractivity contribution in [1.29, 1.82) is 0 Å². The molecule has 20 heavy (non-hydrogen) atoms. The summed E-state index contributed by atoms with van der Waals surface area (Å²) in [5, 5.41) is 3.20. The molecule has 0 amide bonds. The van der Waals surface area contributed by atoms with Crippen LogP contribution in [0.5, 0.6) is 5.88 Å². The number of nitrogens with zero attached hydrogens (tertiary/aromatic N) is 1. The lowest BCUT2D eigenvalue weighted by Gasteiger charge is -2.27. The van der Waals surface area contributed by atoms with Gasteiger partial charge in [0.15, 0.2) is 0 Å². The number of nitrogens with one attached hydrogen (secondary N) is 1. The van der Waals surface area contributed by atoms with Crippen LogP contribution in [0.3, 0.4) is 0 Å². The number of aromatic nitrogens is 1. The summed E-state index contributed by atoms with van der Waals surface area (Å²) >= 11 is 0. The van der Waals surface area contributed by atoms with Crippen molar-refractivity contribution in [3.63, 3.8) is 0 Å². The maximum atomic E-state index is 5.75. The smallest absolute Gasteiger partial charge is 0.212 e. The van der Waals surface area contributed by atoms with Crippen molar-refractivity contribution in [3.05, 3.63) is 48.2 Å². The van der Waals surface area contributed by atoms with Crippen LogP contribution in [0, 0.1) is 0 Å². The molecule has 104 valence electrons. The Morgan fingerprint density at radius 3 is 2.40 bits per heavy atom. The minimum absolute atomic E-state index is 0.375. The van der Waals surface area contributed by atoms with E-state index in [-0.39, 0.29) is 0 Å². The fraction of sp³-hybridized carbons (Fsp3) is 0.312. The summed E-state index contributed by atoms with van der Waals surface area (Å²) in [6.45, 7) is 2.61. The van der Waals surface area contributed by atoms with Crippen LogP contribution >= 0.6 is 0 Å². The van der Waals surface area contributed by atoms with Gasteiger partial charge in [-0.05, 0) is 17.2 Å². The normalized spacial score (nSPS) is 14.8. The predicted molar refractivity (Wildman–Crippen MR) is 77.7 cm³/mol. The minimum atomic E-state index is 0.375. The summed E-state index contributed by atoms with van der Waals surface area (Å²) in [7, 11) is 1.62. The summed E-state index contributed by atoms with van der Waals surface area (Å²) in [6, 6.07) is 12.3. The minimum Gasteiger partial charge on any atom is -0.481 e. The number of hydrogen-bond acceptors (Lipinski definition) is 4. The van der Waals surface area contributed by atoms with Crippen LogP contribution in [0.4, 0.5) is 0 Å². The summed E-state index contributed by atoms with van der Waals surface area (Å²) < 4.78 is 10.8. The SMILES string of the molecule is COc1ccc(-c2ccc(COC3CNC3)cc2)cn1. The summed E-state index contributed by atoms with van der Waals surface area (Å²) in [6.07, 6.45) is 2.20. The maximum absolute atomic E-state index is 5.75. The van der Waals surface area contributed by atoms with Crippen molar-refractivity contribution in [1.82, 2.24) is 10.3 Å². The van der Waals surface area contributed by atoms with Gasteiger partial charge in [-0.2, -0.15) is 0 Å². The van der Waals surface area contributed by atoms with Gasteiger partial charge in [0.1, 0.15) is 0 Å². The topological polar surface area (TPSA) is 43.4 Å². The van der Waals surface area contributed by atoms with E-state index >= 15 is 0 Å². The van der Waals surface area contributed by atoms with E-state index in [0.717, 1.165) is 24.2 Å². The highest BCUT2D eigenvalue weighted by Gasteiger charge is 2.16. The maximum Gasteiger partial charge on any atom is 0.212 e. The Hall–Kier alpha value is -1.91. The zero-order valence-electron chi connectivity index (χ0n) is 11.5. The van der Waals surface area contributed by atoms with Crippen LogP contribution in [0.15, 0.2) is 42.6 Å². The Balaban J connectivity index is 1.64. The zero-order valence-corrected chi connectivity index (χ0v) is 11.5. The molecule has 1 aliphatic rings. The van der Waals surface area contributed by atoms with Crippen LogP contribution in [-0.2, 0) is 11.3 Å². The van der Waals surface area contributed by atoms with Crippen LogP contribution in [0.25, 0.3) is 11.1 Å². The van der Waals surface area contributed by atoms with Gasteiger partial charge in [0, 0.05) is 30.9 Å². The zero-order chi connectivity index (χ0) is 13.8. The highest BCUT2D eigenvalue weighted by atomic mass is 16.5. The van der Waals surface area contributed by atoms with Crippen molar-refractivity contribution < 1.29 is 9.47 Å². The van der Waals surface area contributed by atoms with Gasteiger partial charge >= 0.3 is 0 Å². The Morgan fingerprint density at radius 2 is 1.85 bits per heavy atom. The van der Waals surface area contributed by atoms with E-state index in [9.17, 15) is 0 Å². The molecule has 0 saturated carbocycles. The van der Waals surface area contributed by atoms with Gasteiger partial charge in [0.05, 0.1) is 19.8 Å². The summed E-state index contributed by atoms with van der Waals surface area (Å²) in [4.78, 5) is 4.22. The number of pyridine rings is 1. The quantitative estimate of drug-likeness (QED) is 0.905. The Labute approximate surface area is 118 Å². The molecule has 0 aliphatic carbocycles. The third kappa shape index (κ3) is 2.98. The number of rotatable bonds is 5. The third-order valence-electron chi connectivity index (χ3n) is 3.46. The highest BCUT2D eigenvalue weighted by molar-refractivity contribution is 5.62. The molecule has 4 nitrogen and oxygen atoms in total. The molecule has 0 radical (unpaired) electrons. The van der Waals surface area contributed by atoms with Crippen LogP contribution in [0.2, 0.25) is 0 Å². The van der Waals surface area contributed by atoms with E-state index in [0.29, 0.717) is 18.6 Å². The summed E-state index contributed by atoms with van der Waals surface area (Å²) in [5.41, 5.74) is 3.43. The molecule has 4 heteroatoms. The van der Waals surface area contributed by atoms with Gasteiger partial charge in [-0.3, -0.25) is 0 Å². The number of hydrogen-bond donors (Lipinski definition) is 1. The Kier molecular flexibility index (Phi) is 3.95. The lowest BCUT2D eigenvalue weighted by atomic mass is 10.1. The van der Waals surface area contributed by atoms with E-state index < -0.39 is 0 Å². The first-order chi connectivity index (χ1) is 9.85. The van der Waals surface area contributed by atoms with Crippen molar-refractivity contribution in [2.24, 2.45) is 0 Å². The molecule has 2 aromatic rings. The summed E-state index contributed by atoms with van der Waals surface area (Å²) in [5.74, 6) is 0.632. The van der Waals surface area contributed by atoms with Crippen molar-refractivity contribution >= 4 is 0 Å². The molecule has 0 atom stereocenters. The van der Waals surface area contributed by atoms with E-state index in [2.05, 4.69) is 34.6 Å². The van der Waals surface area contributed by atoms with Crippen molar-refractivity contribution in [3.8, 4) is 17.0 Å². The molecule has 1 saturated heterocycles. The third-order valence-corrected chi connectivity index (χ3v) is 3.46. The lowest BCUT2D eigenvalue weighted by molar-refractivity contribution is 0.00759. The fourth-order valence-corrected chi connectivity index (χ4v) is 2.06. The van der Waals surface area contributed by atoms with Crippen molar-refractivity contribution in [2.75, 3.05) is 20.2 Å². The first-order valence-corrected chi connectivity index (χ1v) is 6.77. The number of methoxy groups -OCH3 is 1. The molecule has 1 aromatic carbocycles. The molecular formula is C16H18N2O2. The predicted octanol–water partition coefficient (Wildman–Crippen LogP) is 2.25. The molecular weight excluding hydrogens is 252 g/mol. The Bertz CT molecular complexity index is 548. The van der Waals surface area contributed by atoms with Gasteiger partial charge < -0.3 is 14.8 Å². The molecule has 3 rings (SSSR count). The molecule has 0 spiro atoms. The van der Waals surface area contributed by atoms with E-state index in [1.807, 2.05) is 18.3 Å². The lowest BCUT2D eigenvalue weighted by Crippen LogP contribution is -2.48. The average Bonchev–Trinajstić information content (AvgIpc) is 2.46. The fourth-order valence-electron chi connectivity index (χ4n) is 2.06. The van der Waals surface area contributed by atoms with Crippen molar-refractivity contribution in [2.45, 2.75) is 12.7 Å². The second-order valence-corrected chi connectivity index (χ2v) is 4.88. The van der Waals surface area contributed by atoms with Crippen LogP contribution < -0.4 is 10.1 Å². The molecule has 0 unspecified atom stereocenters. The molecule has 0 bridgehead atoms. The first-order valence-electron chi connectivity index (χ1n) is 6.77. The first kappa shape index (κ1) is 13.1. The molecule has 1 aromatic heterocycles. The van der Waals surface area contributed by atoms with Gasteiger partial charge in [-0.25, -0.2) is 4.98 Å². The molecule has 1 aliphatic heterocycles. The Morgan fingerprint density at radius 1 is 1.10 bits per heavy atom. The van der Waals surface area contributed by atoms with Gasteiger partial charge in [0.2, 0.25) is 5.88 Å². The monoisotopic (exact) mass is 270 g/mol. The van der Waals surface area contributed by atoms with E-state index in [1.165, 1.54) is 5.56 Å². The van der Waals surface area contributed by atoms with E-state index in [1.54, 1.807) is 7.11 Å². The van der Waals surface area contributed by atoms with E-state index in [4.69, 9.17) is 9.47 Å². The molecule has 1 fully saturated rings. The van der Waals surface area contributed by atoms with Crippen LogP contribution in [0.1, 0.15) is 5.56 Å². The van der Waals surface area contributed by atoms with Gasteiger partial charge in [-0.1, -0.05) is 24.3 Å². The second-order valence-electron chi connectivity index (χ2n) is 4.88. The van der Waals surface area contributed by atoms with Gasteiger partial charge in [-0.15, -0.1) is 0 Å². The number of ether oxygens (including phenoxy) is 2. The molecule has 2 heterocycles. The highest BCUT2D eigenvalue weighted by Crippen LogP contribution is 2.21. The standard InChI is InChI=1S/C16H18N2O2/c1-19-16-7-6-14(8-18-16)13-4-2-12(3-5-13)11-20-15-9-17-10-15/h2-8,15,17H,9-11H2,1H3. The van der Waals surface area contributed by atoms with Gasteiger partial charge in [0.25, 0.3) is 0 Å². The van der Waals surface area contributed by atoms with Crippen LogP contribution in [-0.4, -0.2) is 31.3 Å².